The van der Waals surface area contributed by atoms with Crippen LogP contribution in [0.5, 0.6) is 0 Å². The number of aromatic nitrogens is 1. The molecule has 2 heterocycles. The number of carbonyl (C=O) groups excluding carboxylic acids is 1. The topological polar surface area (TPSA) is 36.1 Å². The number of fused-ring (bicyclic) bond motifs is 1. The summed E-state index contributed by atoms with van der Waals surface area (Å²) in [5.74, 6) is 0.416. The number of H-pyrrole nitrogens is 1. The maximum atomic E-state index is 12.2. The van der Waals surface area contributed by atoms with Crippen molar-refractivity contribution in [2.45, 2.75) is 26.7 Å². The molecule has 2 aromatic rings. The average molecular weight is 282 g/mol. The van der Waals surface area contributed by atoms with Gasteiger partial charge in [0.15, 0.2) is 0 Å². The first-order valence-electron chi connectivity index (χ1n) is 7.75. The fourth-order valence-electron chi connectivity index (χ4n) is 2.94. The fraction of sp³-hybridized carbons (Fsp3) is 0.389. The summed E-state index contributed by atoms with van der Waals surface area (Å²) in [6.07, 6.45) is 6.14. The summed E-state index contributed by atoms with van der Waals surface area (Å²) in [6, 6.07) is 8.37. The molecule has 1 atom stereocenters. The van der Waals surface area contributed by atoms with Crippen LogP contribution in [0.4, 0.5) is 0 Å². The molecule has 1 unspecified atom stereocenters. The predicted molar refractivity (Wildman–Crippen MR) is 86.9 cm³/mol. The largest absolute Gasteiger partial charge is 0.361 e. The van der Waals surface area contributed by atoms with Crippen LogP contribution in [-0.2, 0) is 4.79 Å². The fourth-order valence-corrected chi connectivity index (χ4v) is 2.94. The lowest BCUT2D eigenvalue weighted by atomic mass is 9.98. The molecule has 0 saturated heterocycles. The number of nitrogens with one attached hydrogen (secondary N) is 1. The van der Waals surface area contributed by atoms with Crippen molar-refractivity contribution in [3.8, 4) is 0 Å². The highest BCUT2D eigenvalue weighted by atomic mass is 16.2. The van der Waals surface area contributed by atoms with Gasteiger partial charge >= 0.3 is 0 Å². The molecule has 0 spiro atoms. The average Bonchev–Trinajstić information content (AvgIpc) is 2.97. The summed E-state index contributed by atoms with van der Waals surface area (Å²) in [5, 5.41) is 1.27. The quantitative estimate of drug-likeness (QED) is 0.912. The smallest absolute Gasteiger partial charge is 0.225 e. The summed E-state index contributed by atoms with van der Waals surface area (Å²) in [7, 11) is 0. The van der Waals surface area contributed by atoms with E-state index in [1.807, 2.05) is 17.9 Å². The molecule has 0 saturated carbocycles. The summed E-state index contributed by atoms with van der Waals surface area (Å²) in [5.41, 5.74) is 3.80. The van der Waals surface area contributed by atoms with Gasteiger partial charge < -0.3 is 9.88 Å². The van der Waals surface area contributed by atoms with Crippen LogP contribution in [0.25, 0.3) is 16.5 Å². The van der Waals surface area contributed by atoms with Crippen molar-refractivity contribution in [2.75, 3.05) is 13.1 Å². The van der Waals surface area contributed by atoms with Crippen LogP contribution >= 0.6 is 0 Å². The number of nitrogens with zero attached hydrogens (tertiary/aromatic N) is 1. The highest BCUT2D eigenvalue weighted by Gasteiger charge is 2.22. The number of rotatable bonds is 3. The Morgan fingerprint density at radius 2 is 2.19 bits per heavy atom. The van der Waals surface area contributed by atoms with Crippen molar-refractivity contribution in [1.29, 1.82) is 0 Å². The molecule has 3 nitrogen and oxygen atoms in total. The zero-order valence-corrected chi connectivity index (χ0v) is 12.7. The van der Waals surface area contributed by atoms with Gasteiger partial charge in [0.1, 0.15) is 0 Å². The van der Waals surface area contributed by atoms with Crippen molar-refractivity contribution in [3.05, 3.63) is 42.1 Å². The predicted octanol–water partition coefficient (Wildman–Crippen LogP) is 3.83. The van der Waals surface area contributed by atoms with E-state index in [1.165, 1.54) is 22.0 Å². The number of carbonyl (C=O) groups is 1. The van der Waals surface area contributed by atoms with Gasteiger partial charge in [0.25, 0.3) is 0 Å². The number of amides is 1. The van der Waals surface area contributed by atoms with Gasteiger partial charge in [-0.15, -0.1) is 0 Å². The van der Waals surface area contributed by atoms with Crippen LogP contribution < -0.4 is 0 Å². The first-order valence-corrected chi connectivity index (χ1v) is 7.75. The molecular formula is C18H22N2O. The first kappa shape index (κ1) is 13.9. The Kier molecular flexibility index (Phi) is 3.82. The first-order chi connectivity index (χ1) is 10.2. The van der Waals surface area contributed by atoms with E-state index in [0.29, 0.717) is 0 Å². The molecule has 1 aromatic heterocycles. The third kappa shape index (κ3) is 2.60. The lowest BCUT2D eigenvalue weighted by Gasteiger charge is -2.28. The van der Waals surface area contributed by atoms with Gasteiger partial charge in [0.05, 0.1) is 0 Å². The molecule has 1 aliphatic rings. The van der Waals surface area contributed by atoms with Gasteiger partial charge in [0.2, 0.25) is 5.91 Å². The molecule has 110 valence electrons. The Bertz CT molecular complexity index is 683. The Hall–Kier alpha value is -2.03. The van der Waals surface area contributed by atoms with Gasteiger partial charge in [-0.1, -0.05) is 38.1 Å². The van der Waals surface area contributed by atoms with Crippen molar-refractivity contribution >= 4 is 22.4 Å². The SMILES string of the molecule is CCC(C)C(=O)N1CC=C(c2c[nH]c3ccccc23)CC1. The van der Waals surface area contributed by atoms with E-state index in [9.17, 15) is 4.79 Å². The van der Waals surface area contributed by atoms with Gasteiger partial charge in [-0.3, -0.25) is 4.79 Å². The van der Waals surface area contributed by atoms with Crippen LogP contribution in [0.2, 0.25) is 0 Å². The maximum absolute atomic E-state index is 12.2. The lowest BCUT2D eigenvalue weighted by molar-refractivity contribution is -0.134. The standard InChI is InChI=1S/C18H22N2O/c1-3-13(2)18(21)20-10-8-14(9-11-20)16-12-19-17-7-5-4-6-15(16)17/h4-8,12-13,19H,3,9-11H2,1-2H3. The Labute approximate surface area is 125 Å². The minimum Gasteiger partial charge on any atom is -0.361 e. The van der Waals surface area contributed by atoms with Crippen LogP contribution in [0.3, 0.4) is 0 Å². The van der Waals surface area contributed by atoms with E-state index >= 15 is 0 Å². The molecule has 1 N–H and O–H groups in total. The zero-order chi connectivity index (χ0) is 14.8. The normalized spacial score (nSPS) is 16.9. The van der Waals surface area contributed by atoms with Crippen molar-refractivity contribution in [3.63, 3.8) is 0 Å². The lowest BCUT2D eigenvalue weighted by Crippen LogP contribution is -2.37. The molecule has 3 rings (SSSR count). The van der Waals surface area contributed by atoms with E-state index in [2.05, 4.69) is 42.4 Å². The molecule has 1 amide bonds. The third-order valence-electron chi connectivity index (χ3n) is 4.49. The summed E-state index contributed by atoms with van der Waals surface area (Å²) >= 11 is 0. The minimum atomic E-state index is 0.132. The number of hydrogen-bond acceptors (Lipinski definition) is 1. The molecule has 1 aliphatic heterocycles. The molecule has 0 radical (unpaired) electrons. The van der Waals surface area contributed by atoms with E-state index in [0.717, 1.165) is 25.9 Å². The molecular weight excluding hydrogens is 260 g/mol. The van der Waals surface area contributed by atoms with Crippen molar-refractivity contribution in [1.82, 2.24) is 9.88 Å². The highest BCUT2D eigenvalue weighted by Crippen LogP contribution is 2.29. The van der Waals surface area contributed by atoms with Gasteiger partial charge in [-0.05, 0) is 24.5 Å². The van der Waals surface area contributed by atoms with E-state index < -0.39 is 0 Å². The Balaban J connectivity index is 1.80. The van der Waals surface area contributed by atoms with E-state index in [-0.39, 0.29) is 11.8 Å². The second kappa shape index (κ2) is 5.76. The molecule has 3 heteroatoms. The summed E-state index contributed by atoms with van der Waals surface area (Å²) in [4.78, 5) is 17.5. The molecule has 0 fully saturated rings. The van der Waals surface area contributed by atoms with Crippen molar-refractivity contribution in [2.24, 2.45) is 5.92 Å². The Morgan fingerprint density at radius 1 is 1.38 bits per heavy atom. The molecule has 21 heavy (non-hydrogen) atoms. The van der Waals surface area contributed by atoms with Crippen LogP contribution in [0, 0.1) is 5.92 Å². The number of para-hydroxylation sites is 1. The van der Waals surface area contributed by atoms with E-state index in [4.69, 9.17) is 0 Å². The number of benzene rings is 1. The summed E-state index contributed by atoms with van der Waals surface area (Å²) < 4.78 is 0. The monoisotopic (exact) mass is 282 g/mol. The number of hydrogen-bond donors (Lipinski definition) is 1. The van der Waals surface area contributed by atoms with Gasteiger partial charge in [-0.2, -0.15) is 0 Å². The zero-order valence-electron chi connectivity index (χ0n) is 12.7. The maximum Gasteiger partial charge on any atom is 0.225 e. The summed E-state index contributed by atoms with van der Waals surface area (Å²) in [6.45, 7) is 5.65. The molecule has 0 aliphatic carbocycles. The number of aromatic amines is 1. The van der Waals surface area contributed by atoms with Crippen LogP contribution in [0.15, 0.2) is 36.5 Å². The minimum absolute atomic E-state index is 0.132. The highest BCUT2D eigenvalue weighted by molar-refractivity contribution is 5.93. The third-order valence-corrected chi connectivity index (χ3v) is 4.49. The van der Waals surface area contributed by atoms with Crippen LogP contribution in [-0.4, -0.2) is 28.9 Å². The van der Waals surface area contributed by atoms with E-state index in [1.54, 1.807) is 0 Å². The van der Waals surface area contributed by atoms with Crippen molar-refractivity contribution < 1.29 is 4.79 Å². The van der Waals surface area contributed by atoms with Crippen LogP contribution in [0.1, 0.15) is 32.3 Å². The Morgan fingerprint density at radius 3 is 2.90 bits per heavy atom. The second-order valence-electron chi connectivity index (χ2n) is 5.82. The van der Waals surface area contributed by atoms with Gasteiger partial charge in [0, 0.05) is 41.7 Å². The molecule has 1 aromatic carbocycles. The second-order valence-corrected chi connectivity index (χ2v) is 5.82. The molecule has 0 bridgehead atoms. The van der Waals surface area contributed by atoms with Gasteiger partial charge in [-0.25, -0.2) is 0 Å².